The molecule has 0 spiro atoms. The highest BCUT2D eigenvalue weighted by atomic mass is 35.5. The van der Waals surface area contributed by atoms with Gasteiger partial charge in [-0.25, -0.2) is 4.98 Å². The predicted molar refractivity (Wildman–Crippen MR) is 81.6 cm³/mol. The largest absolute Gasteiger partial charge is 0.369 e. The fraction of sp³-hybridized carbons (Fsp3) is 0.308. The first kappa shape index (κ1) is 14.7. The van der Waals surface area contributed by atoms with E-state index in [1.165, 1.54) is 6.07 Å². The summed E-state index contributed by atoms with van der Waals surface area (Å²) in [7, 11) is 1.92. The Kier molecular flexibility index (Phi) is 4.57. The molecule has 0 radical (unpaired) electrons. The lowest BCUT2D eigenvalue weighted by molar-refractivity contribution is -0.385. The van der Waals surface area contributed by atoms with Crippen LogP contribution in [0.5, 0.6) is 0 Å². The molecule has 106 valence electrons. The summed E-state index contributed by atoms with van der Waals surface area (Å²) in [6.07, 6.45) is 0. The third-order valence-electron chi connectivity index (χ3n) is 2.91. The van der Waals surface area contributed by atoms with Gasteiger partial charge in [0.15, 0.2) is 0 Å². The number of nitrogens with zero attached hydrogens (tertiary/aromatic N) is 3. The van der Waals surface area contributed by atoms with Gasteiger partial charge in [0.05, 0.1) is 28.0 Å². The van der Waals surface area contributed by atoms with Crippen LogP contribution < -0.4 is 4.90 Å². The number of rotatable bonds is 5. The first-order valence-electron chi connectivity index (χ1n) is 5.96. The van der Waals surface area contributed by atoms with Gasteiger partial charge >= 0.3 is 0 Å². The van der Waals surface area contributed by atoms with Gasteiger partial charge in [-0.3, -0.25) is 10.1 Å². The van der Waals surface area contributed by atoms with E-state index in [1.807, 2.05) is 24.3 Å². The second-order valence-electron chi connectivity index (χ2n) is 4.42. The lowest BCUT2D eigenvalue weighted by Gasteiger charge is -2.18. The minimum absolute atomic E-state index is 0.0571. The van der Waals surface area contributed by atoms with Crippen molar-refractivity contribution in [3.63, 3.8) is 0 Å². The molecule has 0 saturated carbocycles. The van der Waals surface area contributed by atoms with Crippen molar-refractivity contribution < 1.29 is 4.92 Å². The van der Waals surface area contributed by atoms with E-state index >= 15 is 0 Å². The monoisotopic (exact) mass is 311 g/mol. The van der Waals surface area contributed by atoms with Gasteiger partial charge in [-0.2, -0.15) is 0 Å². The second kappa shape index (κ2) is 6.19. The van der Waals surface area contributed by atoms with E-state index in [2.05, 4.69) is 4.98 Å². The number of alkyl halides is 1. The van der Waals surface area contributed by atoms with E-state index in [-0.39, 0.29) is 11.6 Å². The molecule has 0 amide bonds. The molecule has 20 heavy (non-hydrogen) atoms. The summed E-state index contributed by atoms with van der Waals surface area (Å²) < 4.78 is 0. The van der Waals surface area contributed by atoms with E-state index in [0.29, 0.717) is 12.1 Å². The van der Waals surface area contributed by atoms with Gasteiger partial charge in [-0.1, -0.05) is 0 Å². The van der Waals surface area contributed by atoms with E-state index in [4.69, 9.17) is 11.6 Å². The van der Waals surface area contributed by atoms with Crippen LogP contribution in [-0.2, 0) is 12.4 Å². The Balaban J connectivity index is 2.21. The average Bonchev–Trinajstić information content (AvgIpc) is 2.83. The van der Waals surface area contributed by atoms with Crippen LogP contribution in [0.25, 0.3) is 0 Å². The summed E-state index contributed by atoms with van der Waals surface area (Å²) in [5.41, 5.74) is 2.45. The van der Waals surface area contributed by atoms with E-state index < -0.39 is 4.92 Å². The molecule has 0 atom stereocenters. The molecule has 0 aliphatic rings. The molecule has 1 aromatic carbocycles. The predicted octanol–water partition coefficient (Wildman–Crippen LogP) is 3.73. The van der Waals surface area contributed by atoms with Crippen molar-refractivity contribution in [3.8, 4) is 0 Å². The van der Waals surface area contributed by atoms with Crippen molar-refractivity contribution >= 4 is 34.3 Å². The molecular weight excluding hydrogens is 298 g/mol. The number of hydrogen-bond donors (Lipinski definition) is 0. The zero-order valence-electron chi connectivity index (χ0n) is 11.2. The summed E-state index contributed by atoms with van der Waals surface area (Å²) >= 11 is 7.39. The van der Waals surface area contributed by atoms with Crippen molar-refractivity contribution in [3.05, 3.63) is 50.0 Å². The van der Waals surface area contributed by atoms with Crippen molar-refractivity contribution in [1.82, 2.24) is 4.98 Å². The topological polar surface area (TPSA) is 59.3 Å². The highest BCUT2D eigenvalue weighted by Crippen LogP contribution is 2.26. The highest BCUT2D eigenvalue weighted by Gasteiger charge is 2.15. The van der Waals surface area contributed by atoms with Crippen molar-refractivity contribution in [2.75, 3.05) is 11.9 Å². The SMILES string of the molecule is Cc1nc(CN(C)c2ccc([N+](=O)[O-])c(CCl)c2)cs1. The number of thiazole rings is 1. The van der Waals surface area contributed by atoms with Crippen LogP contribution in [0.1, 0.15) is 16.3 Å². The number of nitro benzene ring substituents is 1. The van der Waals surface area contributed by atoms with Crippen LogP contribution in [0.4, 0.5) is 11.4 Å². The Bertz CT molecular complexity index is 630. The van der Waals surface area contributed by atoms with Crippen LogP contribution in [0, 0.1) is 17.0 Å². The molecule has 0 aliphatic heterocycles. The van der Waals surface area contributed by atoms with Gasteiger partial charge in [0.2, 0.25) is 0 Å². The quantitative estimate of drug-likeness (QED) is 0.479. The second-order valence-corrected chi connectivity index (χ2v) is 5.75. The number of benzene rings is 1. The van der Waals surface area contributed by atoms with E-state index in [1.54, 1.807) is 23.5 Å². The van der Waals surface area contributed by atoms with Crippen molar-refractivity contribution in [2.24, 2.45) is 0 Å². The van der Waals surface area contributed by atoms with Gasteiger partial charge < -0.3 is 4.90 Å². The van der Waals surface area contributed by atoms with Gasteiger partial charge in [0.25, 0.3) is 5.69 Å². The molecule has 1 heterocycles. The summed E-state index contributed by atoms with van der Waals surface area (Å²) in [5.74, 6) is 0.119. The first-order valence-corrected chi connectivity index (χ1v) is 7.38. The van der Waals surface area contributed by atoms with Crippen molar-refractivity contribution in [1.29, 1.82) is 0 Å². The Morgan fingerprint density at radius 3 is 2.80 bits per heavy atom. The summed E-state index contributed by atoms with van der Waals surface area (Å²) in [6.45, 7) is 2.62. The minimum Gasteiger partial charge on any atom is -0.369 e. The lowest BCUT2D eigenvalue weighted by Crippen LogP contribution is -2.16. The fourth-order valence-corrected chi connectivity index (χ4v) is 2.73. The smallest absolute Gasteiger partial charge is 0.273 e. The van der Waals surface area contributed by atoms with Gasteiger partial charge in [0, 0.05) is 29.7 Å². The molecule has 0 aliphatic carbocycles. The molecule has 7 heteroatoms. The Hall–Kier alpha value is -1.66. The average molecular weight is 312 g/mol. The molecular formula is C13H14ClN3O2S. The van der Waals surface area contributed by atoms with Crippen LogP contribution in [0.15, 0.2) is 23.6 Å². The Morgan fingerprint density at radius 2 is 2.25 bits per heavy atom. The van der Waals surface area contributed by atoms with Gasteiger partial charge in [-0.05, 0) is 19.1 Å². The number of aromatic nitrogens is 1. The zero-order chi connectivity index (χ0) is 14.7. The summed E-state index contributed by atoms with van der Waals surface area (Å²) in [4.78, 5) is 16.9. The number of nitro groups is 1. The van der Waals surface area contributed by atoms with Crippen LogP contribution >= 0.6 is 22.9 Å². The maximum atomic E-state index is 10.9. The number of aryl methyl sites for hydroxylation is 1. The van der Waals surface area contributed by atoms with E-state index in [9.17, 15) is 10.1 Å². The van der Waals surface area contributed by atoms with Crippen LogP contribution in [0.3, 0.4) is 0 Å². The molecule has 2 rings (SSSR count). The molecule has 5 nitrogen and oxygen atoms in total. The molecule has 2 aromatic rings. The Labute approximate surface area is 126 Å². The molecule has 0 fully saturated rings. The van der Waals surface area contributed by atoms with E-state index in [0.717, 1.165) is 16.4 Å². The maximum absolute atomic E-state index is 10.9. The molecule has 0 N–H and O–H groups in total. The number of anilines is 1. The Morgan fingerprint density at radius 1 is 1.50 bits per heavy atom. The third-order valence-corrected chi connectivity index (χ3v) is 4.02. The normalized spacial score (nSPS) is 10.6. The van der Waals surface area contributed by atoms with Gasteiger partial charge in [-0.15, -0.1) is 22.9 Å². The van der Waals surface area contributed by atoms with Crippen LogP contribution in [0.2, 0.25) is 0 Å². The molecule has 0 bridgehead atoms. The minimum atomic E-state index is -0.411. The fourth-order valence-electron chi connectivity index (χ4n) is 1.91. The third kappa shape index (κ3) is 3.26. The van der Waals surface area contributed by atoms with Crippen LogP contribution in [-0.4, -0.2) is 17.0 Å². The summed E-state index contributed by atoms with van der Waals surface area (Å²) in [5, 5.41) is 13.9. The lowest BCUT2D eigenvalue weighted by atomic mass is 10.1. The van der Waals surface area contributed by atoms with Gasteiger partial charge in [0.1, 0.15) is 0 Å². The maximum Gasteiger partial charge on any atom is 0.273 e. The highest BCUT2D eigenvalue weighted by molar-refractivity contribution is 7.09. The molecule has 0 saturated heterocycles. The number of hydrogen-bond acceptors (Lipinski definition) is 5. The standard InChI is InChI=1S/C13H14ClN3O2S/c1-9-15-11(8-20-9)7-16(2)12-3-4-13(17(18)19)10(5-12)6-14/h3-5,8H,6-7H2,1-2H3. The summed E-state index contributed by atoms with van der Waals surface area (Å²) in [6, 6.07) is 4.98. The zero-order valence-corrected chi connectivity index (χ0v) is 12.7. The molecule has 0 unspecified atom stereocenters. The van der Waals surface area contributed by atoms with Crippen molar-refractivity contribution in [2.45, 2.75) is 19.3 Å². The molecule has 1 aromatic heterocycles. The number of halogens is 1. The first-order chi connectivity index (χ1) is 9.51.